The largest absolute Gasteiger partial charge is 0.352 e. The predicted octanol–water partition coefficient (Wildman–Crippen LogP) is 3.38. The van der Waals surface area contributed by atoms with E-state index in [0.717, 1.165) is 44.3 Å². The molecule has 3 fully saturated rings. The molecule has 3 heterocycles. The number of fused-ring (bicyclic) bond motifs is 1. The van der Waals surface area contributed by atoms with Crippen molar-refractivity contribution >= 4 is 5.91 Å². The van der Waals surface area contributed by atoms with Crippen LogP contribution in [0.1, 0.15) is 55.0 Å². The number of aryl methyl sites for hydroxylation is 1. The highest BCUT2D eigenvalue weighted by atomic mass is 19.1. The lowest BCUT2D eigenvalue weighted by Crippen LogP contribution is -2.50. The summed E-state index contributed by atoms with van der Waals surface area (Å²) in [6.07, 6.45) is 6.28. The van der Waals surface area contributed by atoms with Crippen LogP contribution in [-0.4, -0.2) is 41.0 Å². The molecule has 1 aromatic heterocycles. The third-order valence-corrected chi connectivity index (χ3v) is 7.70. The van der Waals surface area contributed by atoms with Crippen molar-refractivity contribution in [1.82, 2.24) is 26.1 Å². The second-order valence-electron chi connectivity index (χ2n) is 10.1. The molecule has 2 aromatic rings. The van der Waals surface area contributed by atoms with Gasteiger partial charge in [0.2, 0.25) is 5.91 Å². The Balaban J connectivity index is 1.19. The average molecular weight is 470 g/mol. The maximum Gasteiger partial charge on any atom is 0.223 e. The number of amides is 1. The van der Waals surface area contributed by atoms with E-state index in [1.54, 1.807) is 0 Å². The van der Waals surface area contributed by atoms with Gasteiger partial charge in [-0.25, -0.2) is 14.2 Å². The number of piperidine rings is 1. The van der Waals surface area contributed by atoms with Crippen LogP contribution in [-0.2, 0) is 11.3 Å². The molecule has 5 atom stereocenters. The Morgan fingerprint density at radius 2 is 2.00 bits per heavy atom. The first kappa shape index (κ1) is 23.3. The molecule has 1 amide bonds. The fourth-order valence-electron chi connectivity index (χ4n) is 5.93. The minimum absolute atomic E-state index is 0.00674. The van der Waals surface area contributed by atoms with E-state index < -0.39 is 11.6 Å². The molecule has 182 valence electrons. The van der Waals surface area contributed by atoms with Crippen LogP contribution < -0.4 is 16.2 Å². The lowest BCUT2D eigenvalue weighted by Gasteiger charge is -2.36. The highest BCUT2D eigenvalue weighted by Crippen LogP contribution is 2.40. The van der Waals surface area contributed by atoms with E-state index in [2.05, 4.69) is 27.2 Å². The van der Waals surface area contributed by atoms with E-state index >= 15 is 0 Å². The van der Waals surface area contributed by atoms with E-state index in [9.17, 15) is 13.6 Å². The van der Waals surface area contributed by atoms with Crippen LogP contribution in [0.15, 0.2) is 36.5 Å². The lowest BCUT2D eigenvalue weighted by atomic mass is 9.74. The van der Waals surface area contributed by atoms with Gasteiger partial charge in [0, 0.05) is 48.5 Å². The maximum atomic E-state index is 14.1. The summed E-state index contributed by atoms with van der Waals surface area (Å²) in [5.41, 5.74) is 9.18. The van der Waals surface area contributed by atoms with Crippen LogP contribution in [0.4, 0.5) is 8.78 Å². The minimum atomic E-state index is -0.513. The number of halogens is 2. The second-order valence-corrected chi connectivity index (χ2v) is 10.1. The van der Waals surface area contributed by atoms with Gasteiger partial charge >= 0.3 is 0 Å². The van der Waals surface area contributed by atoms with Crippen LogP contribution in [0.3, 0.4) is 0 Å². The first-order valence-corrected chi connectivity index (χ1v) is 12.4. The summed E-state index contributed by atoms with van der Waals surface area (Å²) in [6.45, 7) is 3.61. The smallest absolute Gasteiger partial charge is 0.223 e. The molecule has 5 rings (SSSR count). The molecule has 0 radical (unpaired) electrons. The normalized spacial score (nSPS) is 29.6. The summed E-state index contributed by atoms with van der Waals surface area (Å²) in [6, 6.07) is 8.68. The number of hydrazine groups is 1. The molecule has 1 aromatic carbocycles. The highest BCUT2D eigenvalue weighted by molar-refractivity contribution is 5.79. The van der Waals surface area contributed by atoms with Gasteiger partial charge in [0.1, 0.15) is 11.6 Å². The number of nitrogens with zero attached hydrogens (tertiary/aromatic N) is 2. The molecule has 2 saturated heterocycles. The lowest BCUT2D eigenvalue weighted by molar-refractivity contribution is -0.127. The predicted molar refractivity (Wildman–Crippen MR) is 125 cm³/mol. The summed E-state index contributed by atoms with van der Waals surface area (Å²) >= 11 is 0. The monoisotopic (exact) mass is 469 g/mol. The molecule has 34 heavy (non-hydrogen) atoms. The summed E-state index contributed by atoms with van der Waals surface area (Å²) in [5, 5.41) is 3.26. The van der Waals surface area contributed by atoms with Crippen LogP contribution in [0.25, 0.3) is 0 Å². The van der Waals surface area contributed by atoms with Gasteiger partial charge in [-0.2, -0.15) is 0 Å². The molecule has 6 nitrogen and oxygen atoms in total. The molecular weight excluding hydrogens is 436 g/mol. The van der Waals surface area contributed by atoms with Crippen LogP contribution >= 0.6 is 0 Å². The number of carbonyl (C=O) groups excluding carboxylic acids is 1. The Hall–Kier alpha value is -2.42. The number of carbonyl (C=O) groups is 1. The van der Waals surface area contributed by atoms with Crippen LogP contribution in [0.5, 0.6) is 0 Å². The Morgan fingerprint density at radius 3 is 2.79 bits per heavy atom. The molecule has 3 aliphatic rings. The summed E-state index contributed by atoms with van der Waals surface area (Å²) < 4.78 is 28.2. The third-order valence-electron chi connectivity index (χ3n) is 7.70. The van der Waals surface area contributed by atoms with Crippen molar-refractivity contribution < 1.29 is 13.6 Å². The summed E-state index contributed by atoms with van der Waals surface area (Å²) in [5.74, 6) is -0.591. The number of pyridine rings is 1. The first-order valence-electron chi connectivity index (χ1n) is 12.4. The number of rotatable bonds is 5. The molecule has 8 heteroatoms. The quantitative estimate of drug-likeness (QED) is 0.627. The van der Waals surface area contributed by atoms with Gasteiger partial charge in [0.25, 0.3) is 0 Å². The van der Waals surface area contributed by atoms with Crippen molar-refractivity contribution in [3.05, 3.63) is 65.0 Å². The molecule has 0 spiro atoms. The van der Waals surface area contributed by atoms with Gasteiger partial charge in [0.05, 0.1) is 6.04 Å². The van der Waals surface area contributed by atoms with Crippen molar-refractivity contribution in [2.45, 2.75) is 63.7 Å². The zero-order valence-corrected chi connectivity index (χ0v) is 19.6. The van der Waals surface area contributed by atoms with Crippen molar-refractivity contribution in [1.29, 1.82) is 0 Å². The minimum Gasteiger partial charge on any atom is -0.352 e. The molecule has 3 N–H and O–H groups in total. The molecule has 4 unspecified atom stereocenters. The Bertz CT molecular complexity index is 1010. The maximum absolute atomic E-state index is 14.1. The molecule has 2 aliphatic heterocycles. The molecule has 0 bridgehead atoms. The molecular formula is C26H33F2N5O. The third kappa shape index (κ3) is 4.99. The van der Waals surface area contributed by atoms with E-state index in [4.69, 9.17) is 0 Å². The van der Waals surface area contributed by atoms with Crippen LogP contribution in [0, 0.1) is 30.4 Å². The Kier molecular flexibility index (Phi) is 6.90. The van der Waals surface area contributed by atoms with Crippen molar-refractivity contribution in [2.24, 2.45) is 11.8 Å². The topological polar surface area (TPSA) is 69.3 Å². The van der Waals surface area contributed by atoms with E-state index in [-0.39, 0.29) is 36.0 Å². The van der Waals surface area contributed by atoms with Gasteiger partial charge in [0.15, 0.2) is 0 Å². The van der Waals surface area contributed by atoms with E-state index in [1.807, 2.05) is 24.1 Å². The second kappa shape index (κ2) is 10.1. The van der Waals surface area contributed by atoms with Gasteiger partial charge in [-0.05, 0) is 81.3 Å². The van der Waals surface area contributed by atoms with Gasteiger partial charge < -0.3 is 5.32 Å². The fourth-order valence-corrected chi connectivity index (χ4v) is 5.93. The number of hydrogen-bond donors (Lipinski definition) is 3. The standard InChI is InChI=1S/C26H33F2N5O/c1-16-12-17(9-10-29-16)25-20-13-18(7-8-24(20)31-32-25)26(34)30-19-4-3-11-33(14-19)15-21-22(27)5-2-6-23(21)28/h2,5-6,9-10,12,18-20,24-25,31-32H,3-4,7-8,11,13-15H2,1H3,(H,30,34)/t18?,19-,20?,24?,25?/m1/s1. The van der Waals surface area contributed by atoms with Gasteiger partial charge in [-0.15, -0.1) is 0 Å². The van der Waals surface area contributed by atoms with E-state index in [1.165, 1.54) is 23.8 Å². The van der Waals surface area contributed by atoms with Crippen molar-refractivity contribution in [2.75, 3.05) is 13.1 Å². The number of nitrogens with one attached hydrogen (secondary N) is 3. The number of aromatic nitrogens is 1. The Morgan fingerprint density at radius 1 is 1.18 bits per heavy atom. The summed E-state index contributed by atoms with van der Waals surface area (Å²) in [4.78, 5) is 19.6. The first-order chi connectivity index (χ1) is 16.5. The zero-order chi connectivity index (χ0) is 23.7. The van der Waals surface area contributed by atoms with Crippen LogP contribution in [0.2, 0.25) is 0 Å². The highest BCUT2D eigenvalue weighted by Gasteiger charge is 2.43. The number of hydrogen-bond acceptors (Lipinski definition) is 5. The molecule has 1 saturated carbocycles. The van der Waals surface area contributed by atoms with Crippen molar-refractivity contribution in [3.8, 4) is 0 Å². The zero-order valence-electron chi connectivity index (χ0n) is 19.6. The fraction of sp³-hybridized carbons (Fsp3) is 0.538. The van der Waals surface area contributed by atoms with Gasteiger partial charge in [-0.1, -0.05) is 6.07 Å². The number of benzene rings is 1. The number of likely N-dealkylation sites (tertiary alicyclic amines) is 1. The average Bonchev–Trinajstić information content (AvgIpc) is 3.25. The summed E-state index contributed by atoms with van der Waals surface area (Å²) in [7, 11) is 0. The SMILES string of the molecule is Cc1cc(C2NNC3CCC(C(=O)N[C@@H]4CCCN(Cc5c(F)cccc5F)C4)CC32)ccn1. The van der Waals surface area contributed by atoms with Crippen molar-refractivity contribution in [3.63, 3.8) is 0 Å². The van der Waals surface area contributed by atoms with E-state index in [0.29, 0.717) is 18.5 Å². The molecule has 1 aliphatic carbocycles. The van der Waals surface area contributed by atoms with Gasteiger partial charge in [-0.3, -0.25) is 20.1 Å². The Labute approximate surface area is 199 Å².